The molecule has 0 unspecified atom stereocenters. The van der Waals surface area contributed by atoms with Crippen LogP contribution in [0.1, 0.15) is 21.5 Å². The average Bonchev–Trinajstić information content (AvgIpc) is 2.35. The van der Waals surface area contributed by atoms with Crippen molar-refractivity contribution in [3.8, 4) is 11.8 Å². The summed E-state index contributed by atoms with van der Waals surface area (Å²) in [4.78, 5) is 22.4. The zero-order chi connectivity index (χ0) is 13.5. The zero-order valence-corrected chi connectivity index (χ0v) is 10.1. The van der Waals surface area contributed by atoms with Gasteiger partial charge in [-0.15, -0.1) is 0 Å². The molecule has 1 aromatic rings. The first-order valence-electron chi connectivity index (χ1n) is 5.40. The Morgan fingerprint density at radius 1 is 1.39 bits per heavy atom. The molecular weight excluding hydrogens is 230 g/mol. The van der Waals surface area contributed by atoms with Crippen LogP contribution >= 0.6 is 0 Å². The molecule has 1 rings (SSSR count). The number of carbonyl (C=O) groups excluding carboxylic acids is 2. The molecule has 0 heterocycles. The molecule has 5 N–H and O–H groups in total. The van der Waals surface area contributed by atoms with Gasteiger partial charge in [-0.25, -0.2) is 0 Å². The molecule has 0 radical (unpaired) electrons. The minimum absolute atomic E-state index is 0.184. The third-order valence-electron chi connectivity index (χ3n) is 2.24. The molecule has 0 saturated carbocycles. The van der Waals surface area contributed by atoms with Gasteiger partial charge < -0.3 is 16.8 Å². The summed E-state index contributed by atoms with van der Waals surface area (Å²) < 4.78 is 0. The molecule has 5 heteroatoms. The van der Waals surface area contributed by atoms with E-state index in [9.17, 15) is 9.59 Å². The molecule has 0 fully saturated rings. The molecule has 0 spiro atoms. The number of hydrogen-bond acceptors (Lipinski definition) is 3. The summed E-state index contributed by atoms with van der Waals surface area (Å²) in [5.74, 6) is 4.63. The Hall–Kier alpha value is -2.32. The largest absolute Gasteiger partial charge is 0.368 e. The number of amides is 2. The smallest absolute Gasteiger partial charge is 0.252 e. The maximum Gasteiger partial charge on any atom is 0.252 e. The lowest BCUT2D eigenvalue weighted by atomic mass is 10.0. The molecule has 18 heavy (non-hydrogen) atoms. The predicted molar refractivity (Wildman–Crippen MR) is 68.6 cm³/mol. The molecular formula is C13H15N3O2. The van der Waals surface area contributed by atoms with Gasteiger partial charge >= 0.3 is 0 Å². The van der Waals surface area contributed by atoms with Crippen LogP contribution in [0.25, 0.3) is 0 Å². The van der Waals surface area contributed by atoms with E-state index in [0.29, 0.717) is 11.1 Å². The van der Waals surface area contributed by atoms with Gasteiger partial charge in [-0.3, -0.25) is 9.59 Å². The first-order valence-corrected chi connectivity index (χ1v) is 5.40. The van der Waals surface area contributed by atoms with E-state index >= 15 is 0 Å². The van der Waals surface area contributed by atoms with Crippen LogP contribution in [0.2, 0.25) is 0 Å². The van der Waals surface area contributed by atoms with Gasteiger partial charge in [0.25, 0.3) is 5.91 Å². The van der Waals surface area contributed by atoms with E-state index in [2.05, 4.69) is 17.2 Å². The number of carbonyl (C=O) groups is 2. The Kier molecular flexibility index (Phi) is 4.90. The number of nitrogens with two attached hydrogens (primary N) is 2. The van der Waals surface area contributed by atoms with E-state index in [1.54, 1.807) is 19.1 Å². The van der Waals surface area contributed by atoms with Gasteiger partial charge in [-0.05, 0) is 24.6 Å². The number of primary amides is 1. The second kappa shape index (κ2) is 6.42. The van der Waals surface area contributed by atoms with Crippen LogP contribution in [-0.2, 0) is 4.79 Å². The van der Waals surface area contributed by atoms with Crippen LogP contribution in [0.4, 0.5) is 0 Å². The lowest BCUT2D eigenvalue weighted by molar-refractivity contribution is -0.117. The summed E-state index contributed by atoms with van der Waals surface area (Å²) in [5, 5.41) is 2.44. The van der Waals surface area contributed by atoms with Gasteiger partial charge in [-0.2, -0.15) is 0 Å². The van der Waals surface area contributed by atoms with Crippen molar-refractivity contribution in [2.24, 2.45) is 11.5 Å². The normalized spacial score (nSPS) is 9.22. The Bertz CT molecular complexity index is 527. The van der Waals surface area contributed by atoms with Gasteiger partial charge in [-0.1, -0.05) is 17.9 Å². The topological polar surface area (TPSA) is 98.2 Å². The zero-order valence-electron chi connectivity index (χ0n) is 10.1. The van der Waals surface area contributed by atoms with Crippen LogP contribution < -0.4 is 16.8 Å². The predicted octanol–water partition coefficient (Wildman–Crippen LogP) is -0.480. The highest BCUT2D eigenvalue weighted by molar-refractivity contribution is 5.97. The van der Waals surface area contributed by atoms with Gasteiger partial charge in [0.2, 0.25) is 5.91 Å². The van der Waals surface area contributed by atoms with Gasteiger partial charge in [0.05, 0.1) is 13.1 Å². The molecule has 0 aromatic heterocycles. The fraction of sp³-hybridized carbons (Fsp3) is 0.231. The maximum atomic E-state index is 11.8. The molecule has 0 atom stereocenters. The lowest BCUT2D eigenvalue weighted by Crippen LogP contribution is -2.33. The number of aryl methyl sites for hydroxylation is 1. The van der Waals surface area contributed by atoms with Crippen LogP contribution in [-0.4, -0.2) is 24.9 Å². The van der Waals surface area contributed by atoms with E-state index in [1.807, 2.05) is 6.07 Å². The van der Waals surface area contributed by atoms with Crippen molar-refractivity contribution in [2.45, 2.75) is 6.92 Å². The van der Waals surface area contributed by atoms with E-state index in [1.165, 1.54) is 0 Å². The molecule has 0 aliphatic heterocycles. The Balaban J connectivity index is 2.93. The fourth-order valence-electron chi connectivity index (χ4n) is 1.36. The van der Waals surface area contributed by atoms with Crippen molar-refractivity contribution in [2.75, 3.05) is 13.1 Å². The SMILES string of the molecule is Cc1ccc(C#CCN)cc1C(=O)NCC(N)=O. The number of hydrogen-bond donors (Lipinski definition) is 3. The molecule has 94 valence electrons. The summed E-state index contributed by atoms with van der Waals surface area (Å²) in [6, 6.07) is 5.26. The highest BCUT2D eigenvalue weighted by Crippen LogP contribution is 2.10. The van der Waals surface area contributed by atoms with Gasteiger partial charge in [0.15, 0.2) is 0 Å². The van der Waals surface area contributed by atoms with Gasteiger partial charge in [0.1, 0.15) is 0 Å². The first-order chi connectivity index (χ1) is 8.54. The molecule has 0 bridgehead atoms. The minimum Gasteiger partial charge on any atom is -0.368 e. The monoisotopic (exact) mass is 245 g/mol. The number of rotatable bonds is 3. The quantitative estimate of drug-likeness (QED) is 0.627. The summed E-state index contributed by atoms with van der Waals surface area (Å²) in [6.45, 7) is 1.88. The second-order valence-corrected chi connectivity index (χ2v) is 3.68. The van der Waals surface area contributed by atoms with Crippen molar-refractivity contribution in [1.29, 1.82) is 0 Å². The Labute approximate surface area is 106 Å². The average molecular weight is 245 g/mol. The van der Waals surface area contributed by atoms with Gasteiger partial charge in [0, 0.05) is 11.1 Å². The van der Waals surface area contributed by atoms with E-state index in [-0.39, 0.29) is 19.0 Å². The van der Waals surface area contributed by atoms with Crippen LogP contribution in [0.3, 0.4) is 0 Å². The Morgan fingerprint density at radius 2 is 2.11 bits per heavy atom. The van der Waals surface area contributed by atoms with E-state index < -0.39 is 5.91 Å². The van der Waals surface area contributed by atoms with Crippen molar-refractivity contribution in [3.05, 3.63) is 34.9 Å². The maximum absolute atomic E-state index is 11.8. The summed E-state index contributed by atoms with van der Waals surface area (Å²) in [5.41, 5.74) is 12.2. The molecule has 0 aliphatic carbocycles. The highest BCUT2D eigenvalue weighted by atomic mass is 16.2. The fourth-order valence-corrected chi connectivity index (χ4v) is 1.36. The first kappa shape index (κ1) is 13.7. The third-order valence-corrected chi connectivity index (χ3v) is 2.24. The van der Waals surface area contributed by atoms with Crippen molar-refractivity contribution in [3.63, 3.8) is 0 Å². The summed E-state index contributed by atoms with van der Waals surface area (Å²) in [7, 11) is 0. The molecule has 5 nitrogen and oxygen atoms in total. The summed E-state index contributed by atoms with van der Waals surface area (Å²) >= 11 is 0. The van der Waals surface area contributed by atoms with Crippen molar-refractivity contribution in [1.82, 2.24) is 5.32 Å². The Morgan fingerprint density at radius 3 is 2.72 bits per heavy atom. The minimum atomic E-state index is -0.583. The standard InChI is InChI=1S/C13H15N3O2/c1-9-4-5-10(3-2-6-14)7-11(9)13(18)16-8-12(15)17/h4-5,7H,6,8,14H2,1H3,(H2,15,17)(H,16,18). The lowest BCUT2D eigenvalue weighted by Gasteiger charge is -2.06. The molecule has 0 aliphatic rings. The molecule has 2 amide bonds. The van der Waals surface area contributed by atoms with Crippen LogP contribution in [0.15, 0.2) is 18.2 Å². The molecule has 0 saturated heterocycles. The van der Waals surface area contributed by atoms with Crippen LogP contribution in [0, 0.1) is 18.8 Å². The van der Waals surface area contributed by atoms with Crippen LogP contribution in [0.5, 0.6) is 0 Å². The highest BCUT2D eigenvalue weighted by Gasteiger charge is 2.09. The van der Waals surface area contributed by atoms with E-state index in [0.717, 1.165) is 5.56 Å². The third kappa shape index (κ3) is 3.92. The molecule has 1 aromatic carbocycles. The number of nitrogens with one attached hydrogen (secondary N) is 1. The van der Waals surface area contributed by atoms with Crippen molar-refractivity contribution < 1.29 is 9.59 Å². The van der Waals surface area contributed by atoms with E-state index in [4.69, 9.17) is 11.5 Å². The summed E-state index contributed by atoms with van der Waals surface area (Å²) in [6.07, 6.45) is 0. The second-order valence-electron chi connectivity index (χ2n) is 3.68. The number of benzene rings is 1. The van der Waals surface area contributed by atoms with Crippen molar-refractivity contribution >= 4 is 11.8 Å².